The number of halogens is 2. The molecule has 5 rings (SSSR count). The van der Waals surface area contributed by atoms with Crippen LogP contribution in [0.5, 0.6) is 0 Å². The van der Waals surface area contributed by atoms with E-state index < -0.39 is 15.9 Å². The fraction of sp³-hybridized carbons (Fsp3) is 0.200. The molecule has 0 aliphatic heterocycles. The number of aromatic amines is 1. The van der Waals surface area contributed by atoms with E-state index in [1.807, 2.05) is 0 Å². The van der Waals surface area contributed by atoms with E-state index in [0.717, 1.165) is 12.8 Å². The Kier molecular flexibility index (Phi) is 5.86. The van der Waals surface area contributed by atoms with E-state index in [1.165, 1.54) is 12.1 Å². The Morgan fingerprint density at radius 3 is 2.53 bits per heavy atom. The molecule has 9 heteroatoms. The summed E-state index contributed by atoms with van der Waals surface area (Å²) < 4.78 is 25.0. The first-order chi connectivity index (χ1) is 16.3. The summed E-state index contributed by atoms with van der Waals surface area (Å²) in [5, 5.41) is 21.0. The number of imidazole rings is 1. The third-order valence-electron chi connectivity index (χ3n) is 5.97. The normalized spacial score (nSPS) is 14.8. The van der Waals surface area contributed by atoms with Gasteiger partial charge in [-0.15, -0.1) is 0 Å². The van der Waals surface area contributed by atoms with Crippen LogP contribution in [0.25, 0.3) is 22.2 Å². The lowest BCUT2D eigenvalue weighted by Gasteiger charge is -2.09. The Hall–Kier alpha value is -2.89. The molecule has 1 atom stereocenters. The zero-order chi connectivity index (χ0) is 24.0. The summed E-state index contributed by atoms with van der Waals surface area (Å²) in [5.41, 5.74) is 2.94. The van der Waals surface area contributed by atoms with Crippen LogP contribution in [0, 0.1) is 17.2 Å². The van der Waals surface area contributed by atoms with Crippen molar-refractivity contribution < 1.29 is 13.5 Å². The number of hydrogen-bond donors (Lipinski definition) is 2. The van der Waals surface area contributed by atoms with Gasteiger partial charge in [0.1, 0.15) is 17.4 Å². The lowest BCUT2D eigenvalue weighted by molar-refractivity contribution is 0.211. The molecule has 0 amide bonds. The van der Waals surface area contributed by atoms with Crippen molar-refractivity contribution in [1.29, 1.82) is 5.26 Å². The van der Waals surface area contributed by atoms with Crippen molar-refractivity contribution in [2.75, 3.05) is 5.75 Å². The van der Waals surface area contributed by atoms with E-state index >= 15 is 0 Å². The number of aromatic nitrogens is 2. The second-order valence-electron chi connectivity index (χ2n) is 8.42. The van der Waals surface area contributed by atoms with Crippen molar-refractivity contribution in [1.82, 2.24) is 9.97 Å². The number of rotatable bonds is 6. The van der Waals surface area contributed by atoms with Crippen molar-refractivity contribution >= 4 is 44.1 Å². The molecule has 4 aromatic rings. The molecular formula is C25H19Cl2N3O3S. The number of benzene rings is 3. The van der Waals surface area contributed by atoms with Crippen LogP contribution < -0.4 is 0 Å². The van der Waals surface area contributed by atoms with Gasteiger partial charge in [0.15, 0.2) is 9.84 Å². The molecule has 0 spiro atoms. The minimum atomic E-state index is -3.33. The van der Waals surface area contributed by atoms with Gasteiger partial charge in [-0.25, -0.2) is 13.4 Å². The molecular weight excluding hydrogens is 493 g/mol. The van der Waals surface area contributed by atoms with Crippen LogP contribution in [-0.2, 0) is 9.84 Å². The molecule has 1 aromatic heterocycles. The summed E-state index contributed by atoms with van der Waals surface area (Å²) in [7, 11) is -3.33. The number of nitriles is 1. The summed E-state index contributed by atoms with van der Waals surface area (Å²) in [6.45, 7) is 0. The SMILES string of the molecule is N#Cc1ccccc1-c1c(Cl)cc2[nH]c(C(O)c3ccc(S(=O)(=O)CC4CC4)cc3)nc2c1Cl. The first kappa shape index (κ1) is 22.9. The molecule has 0 radical (unpaired) electrons. The summed E-state index contributed by atoms with van der Waals surface area (Å²) >= 11 is 13.2. The van der Waals surface area contributed by atoms with Gasteiger partial charge in [0.2, 0.25) is 0 Å². The zero-order valence-corrected chi connectivity index (χ0v) is 20.1. The van der Waals surface area contributed by atoms with Crippen molar-refractivity contribution in [3.05, 3.63) is 81.6 Å². The third-order valence-corrected chi connectivity index (χ3v) is 8.54. The van der Waals surface area contributed by atoms with E-state index in [-0.39, 0.29) is 27.4 Å². The smallest absolute Gasteiger partial charge is 0.178 e. The number of aliphatic hydroxyl groups excluding tert-OH is 1. The number of fused-ring (bicyclic) bond motifs is 1. The molecule has 1 aliphatic carbocycles. The van der Waals surface area contributed by atoms with Crippen LogP contribution in [0.2, 0.25) is 10.0 Å². The van der Waals surface area contributed by atoms with Gasteiger partial charge in [-0.3, -0.25) is 0 Å². The fourth-order valence-corrected chi connectivity index (χ4v) is 6.38. The van der Waals surface area contributed by atoms with E-state index in [4.69, 9.17) is 23.2 Å². The lowest BCUT2D eigenvalue weighted by atomic mass is 10.00. The van der Waals surface area contributed by atoms with Crippen molar-refractivity contribution in [3.8, 4) is 17.2 Å². The van der Waals surface area contributed by atoms with Gasteiger partial charge in [-0.1, -0.05) is 53.5 Å². The first-order valence-corrected chi connectivity index (χ1v) is 13.1. The van der Waals surface area contributed by atoms with Gasteiger partial charge in [0.05, 0.1) is 37.8 Å². The highest BCUT2D eigenvalue weighted by Crippen LogP contribution is 2.41. The molecule has 1 fully saturated rings. The van der Waals surface area contributed by atoms with Crippen LogP contribution in [0.1, 0.15) is 35.9 Å². The molecule has 0 saturated heterocycles. The summed E-state index contributed by atoms with van der Waals surface area (Å²) in [6, 6.07) is 17.0. The van der Waals surface area contributed by atoms with Crippen molar-refractivity contribution in [2.45, 2.75) is 23.8 Å². The minimum Gasteiger partial charge on any atom is -0.380 e. The second kappa shape index (κ2) is 8.71. The van der Waals surface area contributed by atoms with Gasteiger partial charge in [-0.05, 0) is 48.6 Å². The third kappa shape index (κ3) is 4.19. The quantitative estimate of drug-likeness (QED) is 0.346. The molecule has 0 bridgehead atoms. The van der Waals surface area contributed by atoms with E-state index in [0.29, 0.717) is 38.3 Å². The lowest BCUT2D eigenvalue weighted by Crippen LogP contribution is -2.09. The Morgan fingerprint density at radius 1 is 1.15 bits per heavy atom. The molecule has 1 aliphatic rings. The highest BCUT2D eigenvalue weighted by molar-refractivity contribution is 7.91. The standard InChI is InChI=1S/C25H19Cl2N3O3S/c26-19-11-20-23(22(27)21(19)18-4-2-1-3-16(18)12-28)30-25(29-20)24(31)15-7-9-17(10-8-15)34(32,33)13-14-5-6-14/h1-4,7-11,14,24,31H,5-6,13H2,(H,29,30). The van der Waals surface area contributed by atoms with Crippen LogP contribution in [0.3, 0.4) is 0 Å². The van der Waals surface area contributed by atoms with Gasteiger partial charge < -0.3 is 10.1 Å². The number of nitrogens with one attached hydrogen (secondary N) is 1. The number of H-pyrrole nitrogens is 1. The molecule has 34 heavy (non-hydrogen) atoms. The molecule has 1 heterocycles. The average molecular weight is 512 g/mol. The largest absolute Gasteiger partial charge is 0.380 e. The maximum absolute atomic E-state index is 12.5. The van der Waals surface area contributed by atoms with Gasteiger partial charge in [0, 0.05) is 11.1 Å². The van der Waals surface area contributed by atoms with Crippen LogP contribution >= 0.6 is 23.2 Å². The Morgan fingerprint density at radius 2 is 1.85 bits per heavy atom. The fourth-order valence-electron chi connectivity index (χ4n) is 3.98. The Labute approximate surface area is 206 Å². The number of aliphatic hydroxyl groups is 1. The maximum Gasteiger partial charge on any atom is 0.178 e. The number of sulfone groups is 1. The monoisotopic (exact) mass is 511 g/mol. The highest BCUT2D eigenvalue weighted by Gasteiger charge is 2.29. The van der Waals surface area contributed by atoms with Gasteiger partial charge >= 0.3 is 0 Å². The highest BCUT2D eigenvalue weighted by atomic mass is 35.5. The molecule has 6 nitrogen and oxygen atoms in total. The molecule has 2 N–H and O–H groups in total. The first-order valence-electron chi connectivity index (χ1n) is 10.7. The van der Waals surface area contributed by atoms with E-state index in [1.54, 1.807) is 42.5 Å². The minimum absolute atomic E-state index is 0.162. The summed E-state index contributed by atoms with van der Waals surface area (Å²) in [6.07, 6.45) is 0.786. The van der Waals surface area contributed by atoms with Gasteiger partial charge in [-0.2, -0.15) is 5.26 Å². The van der Waals surface area contributed by atoms with Crippen molar-refractivity contribution in [2.24, 2.45) is 5.92 Å². The number of nitrogens with zero attached hydrogens (tertiary/aromatic N) is 2. The van der Waals surface area contributed by atoms with Crippen LogP contribution in [0.4, 0.5) is 0 Å². The van der Waals surface area contributed by atoms with Crippen molar-refractivity contribution in [3.63, 3.8) is 0 Å². The molecule has 1 saturated carbocycles. The predicted octanol–water partition coefficient (Wildman–Crippen LogP) is 5.67. The number of hydrogen-bond acceptors (Lipinski definition) is 5. The average Bonchev–Trinajstić information content (AvgIpc) is 3.53. The van der Waals surface area contributed by atoms with Crippen LogP contribution in [0.15, 0.2) is 59.5 Å². The molecule has 3 aromatic carbocycles. The van der Waals surface area contributed by atoms with E-state index in [9.17, 15) is 18.8 Å². The zero-order valence-electron chi connectivity index (χ0n) is 17.8. The Bertz CT molecular complexity index is 1550. The Balaban J connectivity index is 1.50. The summed E-state index contributed by atoms with van der Waals surface area (Å²) in [5.74, 6) is 0.661. The second-order valence-corrected chi connectivity index (χ2v) is 11.2. The van der Waals surface area contributed by atoms with Gasteiger partial charge in [0.25, 0.3) is 0 Å². The molecule has 172 valence electrons. The maximum atomic E-state index is 12.5. The topological polar surface area (TPSA) is 107 Å². The summed E-state index contributed by atoms with van der Waals surface area (Å²) in [4.78, 5) is 7.79. The van der Waals surface area contributed by atoms with Crippen LogP contribution in [-0.4, -0.2) is 29.2 Å². The molecule has 1 unspecified atom stereocenters. The predicted molar refractivity (Wildman–Crippen MR) is 132 cm³/mol. The van der Waals surface area contributed by atoms with E-state index in [2.05, 4.69) is 16.0 Å².